The van der Waals surface area contributed by atoms with Gasteiger partial charge in [-0.3, -0.25) is 11.3 Å². The van der Waals surface area contributed by atoms with Crippen molar-refractivity contribution in [1.29, 1.82) is 0 Å². The van der Waals surface area contributed by atoms with Crippen molar-refractivity contribution in [2.75, 3.05) is 14.2 Å². The van der Waals surface area contributed by atoms with Gasteiger partial charge in [0.2, 0.25) is 0 Å². The van der Waals surface area contributed by atoms with Crippen LogP contribution >= 0.6 is 0 Å². The molecule has 0 aliphatic rings. The topological polar surface area (TPSA) is 56.5 Å². The Morgan fingerprint density at radius 3 is 2.35 bits per heavy atom. The zero-order valence-electron chi connectivity index (χ0n) is 11.0. The number of benzene rings is 1. The summed E-state index contributed by atoms with van der Waals surface area (Å²) in [7, 11) is 3.26. The standard InChI is InChI=1S/C13H22N2O2/c1-5-9(2)13(15-14)10-6-7-11(16-3)12(8-10)17-4/h6-9,13,15H,5,14H2,1-4H3. The second kappa shape index (κ2) is 6.47. The monoisotopic (exact) mass is 238 g/mol. The molecular weight excluding hydrogens is 216 g/mol. The van der Waals surface area contributed by atoms with E-state index in [1.807, 2.05) is 18.2 Å². The number of hydrazine groups is 1. The van der Waals surface area contributed by atoms with E-state index in [9.17, 15) is 0 Å². The second-order valence-corrected chi connectivity index (χ2v) is 4.14. The summed E-state index contributed by atoms with van der Waals surface area (Å²) >= 11 is 0. The van der Waals surface area contributed by atoms with E-state index in [4.69, 9.17) is 15.3 Å². The highest BCUT2D eigenvalue weighted by Crippen LogP contribution is 2.32. The van der Waals surface area contributed by atoms with Crippen molar-refractivity contribution in [3.05, 3.63) is 23.8 Å². The minimum Gasteiger partial charge on any atom is -0.493 e. The van der Waals surface area contributed by atoms with Crippen molar-refractivity contribution in [2.24, 2.45) is 11.8 Å². The molecule has 4 nitrogen and oxygen atoms in total. The van der Waals surface area contributed by atoms with E-state index in [2.05, 4.69) is 19.3 Å². The summed E-state index contributed by atoms with van der Waals surface area (Å²) in [6, 6.07) is 6.01. The van der Waals surface area contributed by atoms with Crippen LogP contribution < -0.4 is 20.7 Å². The van der Waals surface area contributed by atoms with Gasteiger partial charge in [-0.2, -0.15) is 0 Å². The molecule has 0 bridgehead atoms. The van der Waals surface area contributed by atoms with Crippen molar-refractivity contribution in [2.45, 2.75) is 26.3 Å². The molecule has 3 N–H and O–H groups in total. The van der Waals surface area contributed by atoms with Crippen molar-refractivity contribution in [3.63, 3.8) is 0 Å². The number of ether oxygens (including phenoxy) is 2. The van der Waals surface area contributed by atoms with Gasteiger partial charge in [0.15, 0.2) is 11.5 Å². The Bertz CT molecular complexity index is 355. The van der Waals surface area contributed by atoms with Crippen LogP contribution in [0.4, 0.5) is 0 Å². The molecule has 96 valence electrons. The number of hydrogen-bond acceptors (Lipinski definition) is 4. The van der Waals surface area contributed by atoms with Crippen LogP contribution in [0.25, 0.3) is 0 Å². The van der Waals surface area contributed by atoms with Crippen LogP contribution in [0.3, 0.4) is 0 Å². The summed E-state index contributed by atoms with van der Waals surface area (Å²) in [4.78, 5) is 0. The van der Waals surface area contributed by atoms with Crippen LogP contribution in [-0.2, 0) is 0 Å². The summed E-state index contributed by atoms with van der Waals surface area (Å²) in [6.45, 7) is 4.32. The van der Waals surface area contributed by atoms with Crippen LogP contribution in [0.1, 0.15) is 31.9 Å². The molecule has 0 aliphatic carbocycles. The molecule has 0 fully saturated rings. The van der Waals surface area contributed by atoms with Gasteiger partial charge in [0.25, 0.3) is 0 Å². The molecule has 0 aliphatic heterocycles. The number of methoxy groups -OCH3 is 2. The summed E-state index contributed by atoms with van der Waals surface area (Å²) < 4.78 is 10.5. The molecule has 0 spiro atoms. The van der Waals surface area contributed by atoms with Crippen LogP contribution in [0, 0.1) is 5.92 Å². The highest BCUT2D eigenvalue weighted by molar-refractivity contribution is 5.43. The fraction of sp³-hybridized carbons (Fsp3) is 0.538. The fourth-order valence-electron chi connectivity index (χ4n) is 1.87. The SMILES string of the molecule is CCC(C)C(NN)c1ccc(OC)c(OC)c1. The Labute approximate surface area is 103 Å². The van der Waals surface area contributed by atoms with E-state index in [-0.39, 0.29) is 6.04 Å². The first-order valence-electron chi connectivity index (χ1n) is 5.85. The number of hydrogen-bond donors (Lipinski definition) is 2. The second-order valence-electron chi connectivity index (χ2n) is 4.14. The summed E-state index contributed by atoms with van der Waals surface area (Å²) in [5, 5.41) is 0. The van der Waals surface area contributed by atoms with Gasteiger partial charge in [-0.05, 0) is 23.6 Å². The Morgan fingerprint density at radius 2 is 1.88 bits per heavy atom. The molecular formula is C13H22N2O2. The van der Waals surface area contributed by atoms with Gasteiger partial charge in [0, 0.05) is 6.04 Å². The first-order chi connectivity index (χ1) is 8.17. The summed E-state index contributed by atoms with van der Waals surface area (Å²) in [5.74, 6) is 7.54. The predicted octanol–water partition coefficient (Wildman–Crippen LogP) is 2.25. The lowest BCUT2D eigenvalue weighted by Gasteiger charge is -2.23. The average molecular weight is 238 g/mol. The van der Waals surface area contributed by atoms with Crippen molar-refractivity contribution < 1.29 is 9.47 Å². The van der Waals surface area contributed by atoms with Gasteiger partial charge in [-0.15, -0.1) is 0 Å². The Hall–Kier alpha value is -1.26. The Morgan fingerprint density at radius 1 is 1.24 bits per heavy atom. The highest BCUT2D eigenvalue weighted by Gasteiger charge is 2.18. The smallest absolute Gasteiger partial charge is 0.161 e. The van der Waals surface area contributed by atoms with Crippen LogP contribution in [0.2, 0.25) is 0 Å². The van der Waals surface area contributed by atoms with E-state index in [0.29, 0.717) is 5.92 Å². The molecule has 4 heteroatoms. The average Bonchev–Trinajstić information content (AvgIpc) is 2.38. The third-order valence-corrected chi connectivity index (χ3v) is 3.16. The quantitative estimate of drug-likeness (QED) is 0.589. The third-order valence-electron chi connectivity index (χ3n) is 3.16. The van der Waals surface area contributed by atoms with Gasteiger partial charge in [0.1, 0.15) is 0 Å². The Balaban J connectivity index is 3.04. The van der Waals surface area contributed by atoms with Gasteiger partial charge >= 0.3 is 0 Å². The molecule has 0 radical (unpaired) electrons. The van der Waals surface area contributed by atoms with E-state index < -0.39 is 0 Å². The molecule has 0 saturated carbocycles. The predicted molar refractivity (Wildman–Crippen MR) is 69.1 cm³/mol. The van der Waals surface area contributed by atoms with Crippen molar-refractivity contribution >= 4 is 0 Å². The maximum atomic E-state index is 5.62. The van der Waals surface area contributed by atoms with E-state index >= 15 is 0 Å². The maximum absolute atomic E-state index is 5.62. The Kier molecular flexibility index (Phi) is 5.25. The van der Waals surface area contributed by atoms with E-state index in [1.165, 1.54) is 0 Å². The number of nitrogens with two attached hydrogens (primary N) is 1. The minimum absolute atomic E-state index is 0.125. The lowest BCUT2D eigenvalue weighted by atomic mass is 9.93. The molecule has 1 aromatic carbocycles. The highest BCUT2D eigenvalue weighted by atomic mass is 16.5. The van der Waals surface area contributed by atoms with Crippen molar-refractivity contribution in [1.82, 2.24) is 5.43 Å². The van der Waals surface area contributed by atoms with Gasteiger partial charge < -0.3 is 9.47 Å². The van der Waals surface area contributed by atoms with E-state index in [0.717, 1.165) is 23.5 Å². The molecule has 0 saturated heterocycles. The molecule has 17 heavy (non-hydrogen) atoms. The maximum Gasteiger partial charge on any atom is 0.161 e. The van der Waals surface area contributed by atoms with Crippen LogP contribution in [0.5, 0.6) is 11.5 Å². The zero-order chi connectivity index (χ0) is 12.8. The van der Waals surface area contributed by atoms with Gasteiger partial charge in [-0.25, -0.2) is 0 Å². The van der Waals surface area contributed by atoms with Crippen LogP contribution in [0.15, 0.2) is 18.2 Å². The van der Waals surface area contributed by atoms with Gasteiger partial charge in [-0.1, -0.05) is 26.3 Å². The van der Waals surface area contributed by atoms with Crippen molar-refractivity contribution in [3.8, 4) is 11.5 Å². The minimum atomic E-state index is 0.125. The fourth-order valence-corrected chi connectivity index (χ4v) is 1.87. The van der Waals surface area contributed by atoms with Gasteiger partial charge in [0.05, 0.1) is 14.2 Å². The number of nitrogens with one attached hydrogen (secondary N) is 1. The molecule has 2 atom stereocenters. The normalized spacial score (nSPS) is 14.2. The first-order valence-corrected chi connectivity index (χ1v) is 5.85. The first kappa shape index (κ1) is 13.8. The summed E-state index contributed by atoms with van der Waals surface area (Å²) in [6.07, 6.45) is 1.06. The lowest BCUT2D eigenvalue weighted by Crippen LogP contribution is -2.32. The number of rotatable bonds is 6. The van der Waals surface area contributed by atoms with E-state index in [1.54, 1.807) is 14.2 Å². The molecule has 0 aromatic heterocycles. The molecule has 1 rings (SSSR count). The molecule has 0 heterocycles. The summed E-state index contributed by atoms with van der Waals surface area (Å²) in [5.41, 5.74) is 3.97. The third kappa shape index (κ3) is 3.11. The molecule has 1 aromatic rings. The lowest BCUT2D eigenvalue weighted by molar-refractivity contribution is 0.349. The molecule has 2 unspecified atom stereocenters. The largest absolute Gasteiger partial charge is 0.493 e. The zero-order valence-corrected chi connectivity index (χ0v) is 11.0. The molecule has 0 amide bonds. The van der Waals surface area contributed by atoms with Crippen LogP contribution in [-0.4, -0.2) is 14.2 Å².